The van der Waals surface area contributed by atoms with Crippen molar-refractivity contribution in [2.75, 3.05) is 25.0 Å². The molecule has 19 heteroatoms. The number of anilines is 1. The van der Waals surface area contributed by atoms with E-state index in [2.05, 4.69) is 26.3 Å². The highest BCUT2D eigenvalue weighted by molar-refractivity contribution is 5.99. The smallest absolute Gasteiger partial charge is 0.444 e. The topological polar surface area (TPSA) is 184 Å². The SMILES string of the molecule is Cc1cc(C(=O)NC2CCN(C(=O)OC(C)(C)C)CC2)ccc1-c1ccc(C[C@H](NC(=O)C2CCC(CNC(=O)OC(C)(C)C)CC2)C(=O)Nc2ccc3[nH]c(C(F)(F)C(F)(F)F)nc3c2)cc1. The molecule has 14 nitrogen and oxygen atoms in total. The Morgan fingerprint density at radius 1 is 0.809 bits per heavy atom. The number of likely N-dealkylation sites (tertiary alicyclic amines) is 1. The number of alkyl halides is 5. The van der Waals surface area contributed by atoms with Gasteiger partial charge in [-0.25, -0.2) is 14.6 Å². The maximum absolute atomic E-state index is 14.1. The number of H-pyrrole nitrogens is 1. The second-order valence-electron chi connectivity index (χ2n) is 19.7. The summed E-state index contributed by atoms with van der Waals surface area (Å²) in [6, 6.07) is 15.2. The highest BCUT2D eigenvalue weighted by Gasteiger charge is 2.61. The van der Waals surface area contributed by atoms with Gasteiger partial charge in [-0.3, -0.25) is 14.4 Å². The van der Waals surface area contributed by atoms with Crippen LogP contribution in [0.15, 0.2) is 60.7 Å². The second kappa shape index (κ2) is 20.5. The minimum atomic E-state index is -5.88. The normalized spacial score (nSPS) is 17.8. The molecule has 1 saturated heterocycles. The van der Waals surface area contributed by atoms with E-state index in [9.17, 15) is 45.9 Å². The van der Waals surface area contributed by atoms with Gasteiger partial charge < -0.3 is 40.6 Å². The number of carbonyl (C=O) groups excluding carboxylic acids is 5. The third-order valence-corrected chi connectivity index (χ3v) is 11.9. The molecule has 0 bridgehead atoms. The van der Waals surface area contributed by atoms with Crippen molar-refractivity contribution in [3.63, 3.8) is 0 Å². The van der Waals surface area contributed by atoms with Gasteiger partial charge in [-0.15, -0.1) is 0 Å². The van der Waals surface area contributed by atoms with Crippen molar-refractivity contribution in [1.82, 2.24) is 30.8 Å². The molecule has 1 aromatic heterocycles. The number of alkyl carbamates (subject to hydrolysis) is 1. The first-order valence-corrected chi connectivity index (χ1v) is 22.8. The van der Waals surface area contributed by atoms with Gasteiger partial charge in [-0.2, -0.15) is 22.0 Å². The molecule has 2 aliphatic rings. The number of ether oxygens (including phenoxy) is 2. The number of benzene rings is 3. The highest BCUT2D eigenvalue weighted by atomic mass is 19.4. The van der Waals surface area contributed by atoms with Crippen LogP contribution in [0.4, 0.5) is 37.2 Å². The number of aromatic amines is 1. The van der Waals surface area contributed by atoms with Crippen LogP contribution in [0.25, 0.3) is 22.2 Å². The van der Waals surface area contributed by atoms with Crippen LogP contribution >= 0.6 is 0 Å². The number of fused-ring (bicyclic) bond motifs is 1. The summed E-state index contributed by atoms with van der Waals surface area (Å²) in [5.41, 5.74) is 2.17. The monoisotopic (exact) mass is 953 g/mol. The Morgan fingerprint density at radius 3 is 2.06 bits per heavy atom. The summed E-state index contributed by atoms with van der Waals surface area (Å²) in [5.74, 6) is -8.37. The van der Waals surface area contributed by atoms with Crippen molar-refractivity contribution in [2.24, 2.45) is 11.8 Å². The molecule has 5 amide bonds. The molecule has 3 aromatic carbocycles. The summed E-state index contributed by atoms with van der Waals surface area (Å²) < 4.78 is 78.2. The molecular weight excluding hydrogens is 894 g/mol. The lowest BCUT2D eigenvalue weighted by molar-refractivity contribution is -0.292. The molecule has 1 aliphatic heterocycles. The molecule has 6 rings (SSSR count). The summed E-state index contributed by atoms with van der Waals surface area (Å²) in [6.07, 6.45) is -3.25. The molecule has 1 aliphatic carbocycles. The maximum Gasteiger partial charge on any atom is 0.461 e. The third kappa shape index (κ3) is 13.5. The van der Waals surface area contributed by atoms with E-state index in [4.69, 9.17) is 9.47 Å². The lowest BCUT2D eigenvalue weighted by Crippen LogP contribution is -2.48. The average Bonchev–Trinajstić information content (AvgIpc) is 3.69. The first-order valence-electron chi connectivity index (χ1n) is 22.8. The molecule has 0 spiro atoms. The molecule has 68 heavy (non-hydrogen) atoms. The Bertz CT molecular complexity index is 2460. The van der Waals surface area contributed by atoms with Crippen LogP contribution in [-0.2, 0) is 31.4 Å². The summed E-state index contributed by atoms with van der Waals surface area (Å²) in [7, 11) is 0. The highest BCUT2D eigenvalue weighted by Crippen LogP contribution is 2.43. The Morgan fingerprint density at radius 2 is 1.46 bits per heavy atom. The fraction of sp³-hybridized carbons (Fsp3) is 0.510. The van der Waals surface area contributed by atoms with Gasteiger partial charge in [0.15, 0.2) is 5.82 Å². The molecule has 1 saturated carbocycles. The number of hydrogen-bond acceptors (Lipinski definition) is 8. The van der Waals surface area contributed by atoms with Crippen LogP contribution in [0.1, 0.15) is 107 Å². The zero-order chi connectivity index (χ0) is 49.8. The molecule has 368 valence electrons. The van der Waals surface area contributed by atoms with E-state index in [-0.39, 0.29) is 53.0 Å². The summed E-state index contributed by atoms with van der Waals surface area (Å²) in [5, 5.41) is 11.4. The molecule has 0 radical (unpaired) electrons. The Balaban J connectivity index is 1.12. The molecule has 1 atom stereocenters. The number of hydrogen-bond donors (Lipinski definition) is 5. The summed E-state index contributed by atoms with van der Waals surface area (Å²) >= 11 is 0. The molecule has 4 aromatic rings. The van der Waals surface area contributed by atoms with Gasteiger partial charge in [0.05, 0.1) is 11.0 Å². The number of piperidine rings is 1. The van der Waals surface area contributed by atoms with E-state index < -0.39 is 53.1 Å². The molecule has 2 heterocycles. The molecule has 0 unspecified atom stereocenters. The van der Waals surface area contributed by atoms with Gasteiger partial charge in [0.1, 0.15) is 17.2 Å². The fourth-order valence-electron chi connectivity index (χ4n) is 8.25. The lowest BCUT2D eigenvalue weighted by atomic mass is 9.81. The second-order valence-corrected chi connectivity index (χ2v) is 19.7. The first-order chi connectivity index (χ1) is 31.7. The van der Waals surface area contributed by atoms with Gasteiger partial charge in [-0.1, -0.05) is 30.3 Å². The number of amides is 5. The van der Waals surface area contributed by atoms with Crippen molar-refractivity contribution >= 4 is 46.6 Å². The maximum atomic E-state index is 14.1. The van der Waals surface area contributed by atoms with E-state index in [1.54, 1.807) is 37.8 Å². The Kier molecular flexibility index (Phi) is 15.4. The number of aryl methyl sites for hydroxylation is 1. The summed E-state index contributed by atoms with van der Waals surface area (Å²) in [4.78, 5) is 72.8. The minimum absolute atomic E-state index is 0.0361. The molecular formula is C49H60F5N7O7. The van der Waals surface area contributed by atoms with Crippen molar-refractivity contribution in [3.05, 3.63) is 83.2 Å². The van der Waals surface area contributed by atoms with E-state index >= 15 is 0 Å². The van der Waals surface area contributed by atoms with Crippen LogP contribution < -0.4 is 21.3 Å². The number of nitrogens with zero attached hydrogens (tertiary/aromatic N) is 2. The molecule has 2 fully saturated rings. The largest absolute Gasteiger partial charge is 0.461 e. The van der Waals surface area contributed by atoms with Gasteiger partial charge in [0, 0.05) is 49.3 Å². The van der Waals surface area contributed by atoms with Gasteiger partial charge in [0.25, 0.3) is 5.91 Å². The number of halogens is 5. The number of rotatable bonds is 12. The van der Waals surface area contributed by atoms with Crippen molar-refractivity contribution in [2.45, 2.75) is 129 Å². The number of carbonyl (C=O) groups is 5. The lowest BCUT2D eigenvalue weighted by Gasteiger charge is -2.33. The minimum Gasteiger partial charge on any atom is -0.444 e. The summed E-state index contributed by atoms with van der Waals surface area (Å²) in [6.45, 7) is 14.0. The van der Waals surface area contributed by atoms with Crippen LogP contribution in [-0.4, -0.2) is 93.9 Å². The van der Waals surface area contributed by atoms with Crippen molar-refractivity contribution in [3.8, 4) is 11.1 Å². The van der Waals surface area contributed by atoms with Crippen LogP contribution in [0.3, 0.4) is 0 Å². The fourth-order valence-corrected chi connectivity index (χ4v) is 8.25. The zero-order valence-electron chi connectivity index (χ0n) is 39.3. The quantitative estimate of drug-likeness (QED) is 0.0871. The van der Waals surface area contributed by atoms with Crippen molar-refractivity contribution < 1.29 is 55.4 Å². The van der Waals surface area contributed by atoms with Crippen LogP contribution in [0.5, 0.6) is 0 Å². The third-order valence-electron chi connectivity index (χ3n) is 11.9. The van der Waals surface area contributed by atoms with Gasteiger partial charge >= 0.3 is 24.3 Å². The standard InChI is InChI=1S/C49H60F5N7O7/c1-28-24-33(41(63)56-34-20-22-61(23-21-34)45(66)68-47(5,6)7)16-18-36(28)31-12-8-29(9-13-31)25-39(58-40(62)32-14-10-30(11-15-32)27-55-44(65)67-46(2,3)4)42(64)57-35-17-19-37-38(26-35)60-43(59-37)48(50,51)49(52,53)54/h8-9,12-13,16-19,24,26,30,32,34,39H,10-11,14-15,20-23,25,27H2,1-7H3,(H,55,65)(H,56,63)(H,57,64)(H,58,62)(H,59,60)/t30?,32?,39-/m0/s1. The number of imidazole rings is 1. The predicted molar refractivity (Wildman–Crippen MR) is 245 cm³/mol. The number of aromatic nitrogens is 2. The van der Waals surface area contributed by atoms with E-state index in [1.807, 2.05) is 63.0 Å². The van der Waals surface area contributed by atoms with Gasteiger partial charge in [-0.05, 0) is 145 Å². The average molecular weight is 954 g/mol. The van der Waals surface area contributed by atoms with Crippen LogP contribution in [0, 0.1) is 18.8 Å². The van der Waals surface area contributed by atoms with E-state index in [0.717, 1.165) is 22.8 Å². The zero-order valence-corrected chi connectivity index (χ0v) is 39.3. The van der Waals surface area contributed by atoms with Crippen molar-refractivity contribution in [1.29, 1.82) is 0 Å². The Labute approximate surface area is 391 Å². The van der Waals surface area contributed by atoms with E-state index in [0.29, 0.717) is 69.3 Å². The predicted octanol–water partition coefficient (Wildman–Crippen LogP) is 9.32. The number of nitrogens with one attached hydrogen (secondary N) is 5. The Hall–Kier alpha value is -6.27. The first kappa shape index (κ1) is 51.1. The molecule has 5 N–H and O–H groups in total. The van der Waals surface area contributed by atoms with Gasteiger partial charge in [0.2, 0.25) is 11.8 Å². The van der Waals surface area contributed by atoms with Crippen LogP contribution in [0.2, 0.25) is 0 Å². The van der Waals surface area contributed by atoms with E-state index in [1.165, 1.54) is 12.1 Å².